The van der Waals surface area contributed by atoms with Gasteiger partial charge in [0.2, 0.25) is 0 Å². The summed E-state index contributed by atoms with van der Waals surface area (Å²) in [4.78, 5) is 4.38. The first-order valence-electron chi connectivity index (χ1n) is 7.38. The molecular formula is C17H20N4O2. The number of fused-ring (bicyclic) bond motifs is 1. The van der Waals surface area contributed by atoms with Gasteiger partial charge in [0.1, 0.15) is 23.3 Å². The summed E-state index contributed by atoms with van der Waals surface area (Å²) in [5.74, 6) is 2.36. The van der Waals surface area contributed by atoms with Crippen LogP contribution in [-0.4, -0.2) is 28.8 Å². The van der Waals surface area contributed by atoms with E-state index in [9.17, 15) is 0 Å². The highest BCUT2D eigenvalue weighted by Crippen LogP contribution is 2.26. The van der Waals surface area contributed by atoms with Crippen LogP contribution in [0.5, 0.6) is 11.5 Å². The molecule has 0 saturated heterocycles. The molecule has 0 saturated carbocycles. The number of hydrogen-bond donors (Lipinski definition) is 1. The van der Waals surface area contributed by atoms with Crippen LogP contribution >= 0.6 is 0 Å². The molecule has 0 aliphatic heterocycles. The van der Waals surface area contributed by atoms with Crippen molar-refractivity contribution in [2.24, 2.45) is 0 Å². The van der Waals surface area contributed by atoms with Crippen molar-refractivity contribution in [3.05, 3.63) is 47.4 Å². The molecule has 120 valence electrons. The minimum atomic E-state index is 0.601. The van der Waals surface area contributed by atoms with Crippen molar-refractivity contribution in [1.82, 2.24) is 14.6 Å². The highest BCUT2D eigenvalue weighted by atomic mass is 16.5. The predicted octanol–water partition coefficient (Wildman–Crippen LogP) is 2.98. The molecule has 0 spiro atoms. The Bertz CT molecular complexity index is 842. The lowest BCUT2D eigenvalue weighted by Crippen LogP contribution is -2.06. The zero-order valence-corrected chi connectivity index (χ0v) is 13.8. The number of hydrogen-bond acceptors (Lipinski definition) is 5. The van der Waals surface area contributed by atoms with Crippen molar-refractivity contribution in [1.29, 1.82) is 0 Å². The number of benzene rings is 1. The van der Waals surface area contributed by atoms with Gasteiger partial charge in [0.05, 0.1) is 14.2 Å². The van der Waals surface area contributed by atoms with E-state index in [0.717, 1.165) is 28.4 Å². The molecule has 0 amide bonds. The number of methoxy groups -OCH3 is 2. The van der Waals surface area contributed by atoms with Crippen molar-refractivity contribution >= 4 is 11.3 Å². The van der Waals surface area contributed by atoms with E-state index in [4.69, 9.17) is 9.47 Å². The molecule has 6 nitrogen and oxygen atoms in total. The number of aromatic nitrogens is 3. The summed E-state index contributed by atoms with van der Waals surface area (Å²) < 4.78 is 12.5. The Kier molecular flexibility index (Phi) is 4.06. The number of rotatable bonds is 5. The maximum atomic E-state index is 5.43. The van der Waals surface area contributed by atoms with Gasteiger partial charge in [0.25, 0.3) is 0 Å². The highest BCUT2D eigenvalue weighted by Gasteiger charge is 2.11. The summed E-state index contributed by atoms with van der Waals surface area (Å²) in [5, 5.41) is 7.64. The average molecular weight is 312 g/mol. The third kappa shape index (κ3) is 2.79. The van der Waals surface area contributed by atoms with Crippen LogP contribution in [0, 0.1) is 13.8 Å². The van der Waals surface area contributed by atoms with E-state index in [1.807, 2.05) is 28.9 Å². The monoisotopic (exact) mass is 312 g/mol. The number of ether oxygens (including phenoxy) is 2. The number of anilines is 1. The van der Waals surface area contributed by atoms with Crippen LogP contribution in [0.4, 0.5) is 5.82 Å². The lowest BCUT2D eigenvalue weighted by Gasteiger charge is -2.12. The molecule has 1 N–H and O–H groups in total. The SMILES string of the molecule is COc1ccc(CNc2ncnn3cc(C)c(C)c23)c(OC)c1. The molecular weight excluding hydrogens is 292 g/mol. The van der Waals surface area contributed by atoms with Gasteiger partial charge in [-0.3, -0.25) is 0 Å². The largest absolute Gasteiger partial charge is 0.497 e. The fraction of sp³-hybridized carbons (Fsp3) is 0.294. The molecule has 6 heteroatoms. The van der Waals surface area contributed by atoms with E-state index in [0.29, 0.717) is 6.54 Å². The summed E-state index contributed by atoms with van der Waals surface area (Å²) >= 11 is 0. The zero-order valence-electron chi connectivity index (χ0n) is 13.8. The Labute approximate surface area is 135 Å². The van der Waals surface area contributed by atoms with Gasteiger partial charge < -0.3 is 14.8 Å². The van der Waals surface area contributed by atoms with E-state index in [-0.39, 0.29) is 0 Å². The van der Waals surface area contributed by atoms with Gasteiger partial charge in [0, 0.05) is 24.4 Å². The fourth-order valence-corrected chi connectivity index (χ4v) is 2.59. The van der Waals surface area contributed by atoms with Crippen molar-refractivity contribution < 1.29 is 9.47 Å². The molecule has 1 aromatic carbocycles. The van der Waals surface area contributed by atoms with Crippen LogP contribution < -0.4 is 14.8 Å². The van der Waals surface area contributed by atoms with E-state index >= 15 is 0 Å². The average Bonchev–Trinajstić information content (AvgIpc) is 2.87. The molecule has 3 rings (SSSR count). The summed E-state index contributed by atoms with van der Waals surface area (Å²) in [5.41, 5.74) is 4.40. The lowest BCUT2D eigenvalue weighted by molar-refractivity contribution is 0.391. The first kappa shape index (κ1) is 15.1. The van der Waals surface area contributed by atoms with Gasteiger partial charge >= 0.3 is 0 Å². The van der Waals surface area contributed by atoms with E-state index in [2.05, 4.69) is 29.2 Å². The maximum Gasteiger partial charge on any atom is 0.154 e. The third-order valence-corrected chi connectivity index (χ3v) is 4.02. The third-order valence-electron chi connectivity index (χ3n) is 4.02. The fourth-order valence-electron chi connectivity index (χ4n) is 2.59. The second kappa shape index (κ2) is 6.16. The Balaban J connectivity index is 1.89. The zero-order chi connectivity index (χ0) is 16.4. The molecule has 0 bridgehead atoms. The Morgan fingerprint density at radius 1 is 1.17 bits per heavy atom. The minimum absolute atomic E-state index is 0.601. The number of aryl methyl sites for hydroxylation is 2. The Hall–Kier alpha value is -2.76. The Morgan fingerprint density at radius 3 is 2.74 bits per heavy atom. The molecule has 2 heterocycles. The van der Waals surface area contributed by atoms with Gasteiger partial charge in [-0.15, -0.1) is 0 Å². The first-order chi connectivity index (χ1) is 11.1. The van der Waals surface area contributed by atoms with E-state index in [1.54, 1.807) is 20.5 Å². The molecule has 0 atom stereocenters. The molecule has 0 radical (unpaired) electrons. The minimum Gasteiger partial charge on any atom is -0.497 e. The van der Waals surface area contributed by atoms with Crippen molar-refractivity contribution in [3.63, 3.8) is 0 Å². The van der Waals surface area contributed by atoms with Crippen molar-refractivity contribution in [3.8, 4) is 11.5 Å². The standard InChI is InChI=1S/C17H20N4O2/c1-11-9-21-16(12(11)2)17(19-10-20-21)18-8-13-5-6-14(22-3)7-15(13)23-4/h5-7,9-10H,8H2,1-4H3,(H,18,19,20). The smallest absolute Gasteiger partial charge is 0.154 e. The van der Waals surface area contributed by atoms with Crippen LogP contribution in [-0.2, 0) is 6.54 Å². The molecule has 2 aromatic heterocycles. The van der Waals surface area contributed by atoms with E-state index in [1.165, 1.54) is 11.1 Å². The predicted molar refractivity (Wildman–Crippen MR) is 89.3 cm³/mol. The summed E-state index contributed by atoms with van der Waals surface area (Å²) in [6, 6.07) is 5.78. The summed E-state index contributed by atoms with van der Waals surface area (Å²) in [6.07, 6.45) is 3.56. The van der Waals surface area contributed by atoms with Gasteiger partial charge in [-0.25, -0.2) is 9.50 Å². The van der Waals surface area contributed by atoms with Crippen LogP contribution in [0.3, 0.4) is 0 Å². The molecule has 3 aromatic rings. The summed E-state index contributed by atoms with van der Waals surface area (Å²) in [6.45, 7) is 4.75. The van der Waals surface area contributed by atoms with Gasteiger partial charge in [-0.2, -0.15) is 5.10 Å². The van der Waals surface area contributed by atoms with Crippen LogP contribution in [0.25, 0.3) is 5.52 Å². The number of nitrogens with one attached hydrogen (secondary N) is 1. The van der Waals surface area contributed by atoms with Crippen molar-refractivity contribution in [2.45, 2.75) is 20.4 Å². The molecule has 0 fully saturated rings. The highest BCUT2D eigenvalue weighted by molar-refractivity contribution is 5.73. The van der Waals surface area contributed by atoms with Crippen LogP contribution in [0.1, 0.15) is 16.7 Å². The molecule has 0 aliphatic carbocycles. The van der Waals surface area contributed by atoms with Crippen LogP contribution in [0.2, 0.25) is 0 Å². The molecule has 0 aliphatic rings. The van der Waals surface area contributed by atoms with E-state index < -0.39 is 0 Å². The molecule has 23 heavy (non-hydrogen) atoms. The van der Waals surface area contributed by atoms with Gasteiger partial charge in [0.15, 0.2) is 5.82 Å². The van der Waals surface area contributed by atoms with Gasteiger partial charge in [-0.1, -0.05) is 0 Å². The first-order valence-corrected chi connectivity index (χ1v) is 7.38. The Morgan fingerprint density at radius 2 is 2.00 bits per heavy atom. The quantitative estimate of drug-likeness (QED) is 0.785. The topological polar surface area (TPSA) is 60.7 Å². The number of nitrogens with zero attached hydrogens (tertiary/aromatic N) is 3. The maximum absolute atomic E-state index is 5.43. The molecule has 0 unspecified atom stereocenters. The van der Waals surface area contributed by atoms with Gasteiger partial charge in [-0.05, 0) is 37.1 Å². The lowest BCUT2D eigenvalue weighted by atomic mass is 10.2. The second-order valence-electron chi connectivity index (χ2n) is 5.37. The van der Waals surface area contributed by atoms with Crippen LogP contribution in [0.15, 0.2) is 30.7 Å². The summed E-state index contributed by atoms with van der Waals surface area (Å²) in [7, 11) is 3.30. The normalized spacial score (nSPS) is 10.8. The van der Waals surface area contributed by atoms with Crippen molar-refractivity contribution in [2.75, 3.05) is 19.5 Å². The second-order valence-corrected chi connectivity index (χ2v) is 5.37.